The molecule has 1 saturated carbocycles. The third kappa shape index (κ3) is 4.80. The number of sulfonamides is 1. The summed E-state index contributed by atoms with van der Waals surface area (Å²) in [6.45, 7) is 4.16. The molecular weight excluding hydrogens is 466 g/mol. The second-order valence-corrected chi connectivity index (χ2v) is 11.3. The van der Waals surface area contributed by atoms with Gasteiger partial charge in [-0.25, -0.2) is 4.79 Å². The first-order chi connectivity index (χ1) is 16.7. The zero-order chi connectivity index (χ0) is 24.7. The molecule has 3 aromatic rings. The fourth-order valence-corrected chi connectivity index (χ4v) is 6.07. The summed E-state index contributed by atoms with van der Waals surface area (Å²) in [6.07, 6.45) is 4.88. The van der Waals surface area contributed by atoms with Crippen LogP contribution in [0.4, 0.5) is 5.69 Å². The maximum absolute atomic E-state index is 13.7. The van der Waals surface area contributed by atoms with Crippen LogP contribution in [-0.4, -0.2) is 26.0 Å². The first kappa shape index (κ1) is 23.5. The van der Waals surface area contributed by atoms with Gasteiger partial charge in [-0.2, -0.15) is 8.42 Å². The number of aromatic carboxylic acids is 1. The van der Waals surface area contributed by atoms with E-state index in [1.54, 1.807) is 31.2 Å². The van der Waals surface area contributed by atoms with E-state index in [1.165, 1.54) is 15.9 Å². The van der Waals surface area contributed by atoms with Crippen LogP contribution in [0.1, 0.15) is 57.6 Å². The summed E-state index contributed by atoms with van der Waals surface area (Å²) in [6, 6.07) is 12.0. The van der Waals surface area contributed by atoms with Crippen molar-refractivity contribution >= 4 is 21.7 Å². The highest BCUT2D eigenvalue weighted by Crippen LogP contribution is 2.41. The summed E-state index contributed by atoms with van der Waals surface area (Å²) in [5.74, 6) is 0.392. The van der Waals surface area contributed by atoms with Gasteiger partial charge < -0.3 is 14.3 Å². The van der Waals surface area contributed by atoms with E-state index in [0.717, 1.165) is 48.8 Å². The molecule has 7 nitrogen and oxygen atoms in total. The average Bonchev–Trinajstić information content (AvgIpc) is 3.33. The van der Waals surface area contributed by atoms with Crippen molar-refractivity contribution in [3.8, 4) is 5.75 Å². The molecule has 2 aliphatic carbocycles. The molecule has 184 valence electrons. The summed E-state index contributed by atoms with van der Waals surface area (Å²) in [4.78, 5) is 11.3. The maximum atomic E-state index is 13.7. The van der Waals surface area contributed by atoms with Crippen LogP contribution in [-0.2, 0) is 29.5 Å². The number of hydrogen-bond donors (Lipinski definition) is 1. The first-order valence-corrected chi connectivity index (χ1v) is 13.4. The number of hydrogen-bond acceptors (Lipinski definition) is 5. The van der Waals surface area contributed by atoms with Crippen LogP contribution in [0.2, 0.25) is 0 Å². The molecule has 0 bridgehead atoms. The molecule has 2 aliphatic rings. The summed E-state index contributed by atoms with van der Waals surface area (Å²) < 4.78 is 40.7. The Bertz CT molecular complexity index is 1390. The Morgan fingerprint density at radius 1 is 1.09 bits per heavy atom. The van der Waals surface area contributed by atoms with Crippen LogP contribution >= 0.6 is 0 Å². The second-order valence-electron chi connectivity index (χ2n) is 9.52. The number of nitrogens with zero attached hydrogens (tertiary/aromatic N) is 1. The molecule has 8 heteroatoms. The number of carboxylic acids is 1. The number of carboxylic acid groups (broad SMARTS) is 1. The molecule has 1 N–H and O–H groups in total. The van der Waals surface area contributed by atoms with Gasteiger partial charge in [0.2, 0.25) is 5.09 Å². The van der Waals surface area contributed by atoms with Crippen molar-refractivity contribution < 1.29 is 27.5 Å². The molecule has 35 heavy (non-hydrogen) atoms. The van der Waals surface area contributed by atoms with E-state index in [0.29, 0.717) is 29.7 Å². The van der Waals surface area contributed by atoms with Crippen molar-refractivity contribution in [1.29, 1.82) is 0 Å². The van der Waals surface area contributed by atoms with Crippen LogP contribution in [0.25, 0.3) is 0 Å². The highest BCUT2D eigenvalue weighted by Gasteiger charge is 2.36. The smallest absolute Gasteiger partial charge is 0.335 e. The second kappa shape index (κ2) is 9.07. The fraction of sp³-hybridized carbons (Fsp3) is 0.370. The number of rotatable bonds is 9. The molecule has 0 spiro atoms. The van der Waals surface area contributed by atoms with Crippen molar-refractivity contribution in [3.05, 3.63) is 76.0 Å². The molecule has 0 atom stereocenters. The Morgan fingerprint density at radius 3 is 2.46 bits per heavy atom. The fourth-order valence-electron chi connectivity index (χ4n) is 4.57. The summed E-state index contributed by atoms with van der Waals surface area (Å²) in [7, 11) is -3.91. The van der Waals surface area contributed by atoms with Gasteiger partial charge in [-0.1, -0.05) is 6.07 Å². The first-order valence-electron chi connectivity index (χ1n) is 11.9. The number of ether oxygens (including phenoxy) is 1. The van der Waals surface area contributed by atoms with Crippen molar-refractivity contribution in [2.75, 3.05) is 10.8 Å². The Morgan fingerprint density at radius 2 is 1.83 bits per heavy atom. The minimum Gasteiger partial charge on any atom is -0.487 e. The van der Waals surface area contributed by atoms with Gasteiger partial charge in [0.05, 0.1) is 11.3 Å². The van der Waals surface area contributed by atoms with Crippen LogP contribution in [0.5, 0.6) is 5.75 Å². The minimum atomic E-state index is -3.91. The van der Waals surface area contributed by atoms with E-state index >= 15 is 0 Å². The third-order valence-corrected chi connectivity index (χ3v) is 8.45. The zero-order valence-corrected chi connectivity index (χ0v) is 20.7. The largest absolute Gasteiger partial charge is 0.487 e. The molecule has 0 aliphatic heterocycles. The summed E-state index contributed by atoms with van der Waals surface area (Å²) in [5, 5.41) is 9.18. The van der Waals surface area contributed by atoms with E-state index in [4.69, 9.17) is 9.15 Å². The van der Waals surface area contributed by atoms with Gasteiger partial charge in [0.15, 0.2) is 0 Å². The molecule has 2 aromatic carbocycles. The molecule has 0 unspecified atom stereocenters. The third-order valence-electron chi connectivity index (χ3n) is 6.80. The van der Waals surface area contributed by atoms with E-state index < -0.39 is 16.0 Å². The maximum Gasteiger partial charge on any atom is 0.335 e. The van der Waals surface area contributed by atoms with E-state index in [-0.39, 0.29) is 17.3 Å². The van der Waals surface area contributed by atoms with Gasteiger partial charge in [0.25, 0.3) is 10.0 Å². The van der Waals surface area contributed by atoms with Crippen LogP contribution in [0.15, 0.2) is 52.0 Å². The van der Waals surface area contributed by atoms with Gasteiger partial charge in [-0.15, -0.1) is 0 Å². The lowest BCUT2D eigenvalue weighted by Crippen LogP contribution is -2.33. The zero-order valence-electron chi connectivity index (χ0n) is 19.9. The standard InChI is InChI=1S/C27H29NO6S/c1-17-12-22(27(29)30)9-10-23(17)16-33-25-14-21-5-3-4-20(21)13-24(25)28(15-19-7-8-19)35(31,32)26-11-6-18(2)34-26/h6,9-14,19H,3-5,7-8,15-16H2,1-2H3,(H,29,30). The monoisotopic (exact) mass is 495 g/mol. The average molecular weight is 496 g/mol. The number of benzene rings is 2. The van der Waals surface area contributed by atoms with Gasteiger partial charge in [-0.05, 0) is 111 Å². The van der Waals surface area contributed by atoms with Gasteiger partial charge in [-0.3, -0.25) is 4.31 Å². The molecule has 5 rings (SSSR count). The lowest BCUT2D eigenvalue weighted by atomic mass is 10.1. The molecule has 0 amide bonds. The number of furan rings is 1. The molecular formula is C27H29NO6S. The van der Waals surface area contributed by atoms with Crippen LogP contribution < -0.4 is 9.04 Å². The Balaban J connectivity index is 1.53. The number of carbonyl (C=O) groups is 1. The lowest BCUT2D eigenvalue weighted by molar-refractivity contribution is 0.0696. The Hall–Kier alpha value is -3.26. The van der Waals surface area contributed by atoms with Gasteiger partial charge in [0.1, 0.15) is 18.1 Å². The van der Waals surface area contributed by atoms with Crippen molar-refractivity contribution in [1.82, 2.24) is 0 Å². The molecule has 1 aromatic heterocycles. The molecule has 0 saturated heterocycles. The summed E-state index contributed by atoms with van der Waals surface area (Å²) in [5.41, 5.74) is 4.74. The normalized spacial score (nSPS) is 15.1. The van der Waals surface area contributed by atoms with Gasteiger partial charge >= 0.3 is 5.97 Å². The molecule has 1 fully saturated rings. The Labute approximate surface area is 205 Å². The minimum absolute atomic E-state index is 0.0674. The number of anilines is 1. The predicted molar refractivity (Wildman–Crippen MR) is 132 cm³/mol. The van der Waals surface area contributed by atoms with Crippen molar-refractivity contribution in [2.24, 2.45) is 5.92 Å². The van der Waals surface area contributed by atoms with Crippen LogP contribution in [0.3, 0.4) is 0 Å². The predicted octanol–water partition coefficient (Wildman–Crippen LogP) is 5.27. The van der Waals surface area contributed by atoms with Crippen LogP contribution in [0, 0.1) is 19.8 Å². The Kier molecular flexibility index (Phi) is 6.09. The molecule has 1 heterocycles. The van der Waals surface area contributed by atoms with E-state index in [9.17, 15) is 18.3 Å². The lowest BCUT2D eigenvalue weighted by Gasteiger charge is -2.26. The highest BCUT2D eigenvalue weighted by molar-refractivity contribution is 7.92. The van der Waals surface area contributed by atoms with Gasteiger partial charge in [0, 0.05) is 6.54 Å². The number of fused-ring (bicyclic) bond motifs is 1. The quantitative estimate of drug-likeness (QED) is 0.435. The van der Waals surface area contributed by atoms with Crippen molar-refractivity contribution in [2.45, 2.75) is 57.7 Å². The molecule has 0 radical (unpaired) electrons. The summed E-state index contributed by atoms with van der Waals surface area (Å²) >= 11 is 0. The number of aryl methyl sites for hydroxylation is 4. The topological polar surface area (TPSA) is 97.0 Å². The van der Waals surface area contributed by atoms with E-state index in [1.807, 2.05) is 19.1 Å². The SMILES string of the molecule is Cc1ccc(S(=O)(=O)N(CC2CC2)c2cc3c(cc2OCc2ccc(C(=O)O)cc2C)CCC3)o1. The van der Waals surface area contributed by atoms with E-state index in [2.05, 4.69) is 0 Å². The highest BCUT2D eigenvalue weighted by atomic mass is 32.2. The van der Waals surface area contributed by atoms with Crippen molar-refractivity contribution in [3.63, 3.8) is 0 Å².